The average Bonchev–Trinajstić information content (AvgIpc) is 3.41. The van der Waals surface area contributed by atoms with Gasteiger partial charge in [-0.1, -0.05) is 25.5 Å². The highest BCUT2D eigenvalue weighted by Crippen LogP contribution is 2.49. The van der Waals surface area contributed by atoms with E-state index in [1.807, 2.05) is 49.3 Å². The predicted octanol–water partition coefficient (Wildman–Crippen LogP) is 4.39. The maximum absolute atomic E-state index is 11.3. The van der Waals surface area contributed by atoms with Crippen LogP contribution in [0.4, 0.5) is 0 Å². The van der Waals surface area contributed by atoms with Crippen molar-refractivity contribution in [3.8, 4) is 23.0 Å². The van der Waals surface area contributed by atoms with Crippen LogP contribution in [0.5, 0.6) is 23.0 Å². The smallest absolute Gasteiger partial charge is 0.414 e. The lowest BCUT2D eigenvalue weighted by molar-refractivity contribution is -0.159. The molecule has 1 unspecified atom stereocenters. The van der Waals surface area contributed by atoms with Gasteiger partial charge in [0, 0.05) is 6.54 Å². The summed E-state index contributed by atoms with van der Waals surface area (Å²) in [5.74, 6) is -1.33. The van der Waals surface area contributed by atoms with Gasteiger partial charge in [0.1, 0.15) is 18.1 Å². The number of carbonyl (C=O) groups is 2. The molecule has 2 aromatic carbocycles. The minimum Gasteiger partial charge on any atom is -0.495 e. The molecule has 3 aromatic rings. The van der Waals surface area contributed by atoms with Crippen molar-refractivity contribution >= 4 is 22.9 Å². The van der Waals surface area contributed by atoms with Gasteiger partial charge < -0.3 is 43.6 Å². The molecule has 0 aliphatic carbocycles. The maximum atomic E-state index is 11.3. The summed E-state index contributed by atoms with van der Waals surface area (Å²) in [6.07, 6.45) is 4.08. The van der Waals surface area contributed by atoms with E-state index in [1.54, 1.807) is 20.5 Å². The number of ether oxygens (including phenoxy) is 4. The highest BCUT2D eigenvalue weighted by Gasteiger charge is 2.29. The molecule has 1 atom stereocenters. The second kappa shape index (κ2) is 16.2. The van der Waals surface area contributed by atoms with Gasteiger partial charge in [-0.25, -0.2) is 9.59 Å². The van der Waals surface area contributed by atoms with E-state index < -0.39 is 18.0 Å². The first-order valence-corrected chi connectivity index (χ1v) is 12.9. The minimum atomic E-state index is -1.82. The molecule has 0 saturated heterocycles. The molecule has 0 amide bonds. The summed E-state index contributed by atoms with van der Waals surface area (Å²) in [4.78, 5) is 20.2. The van der Waals surface area contributed by atoms with Gasteiger partial charge in [0.2, 0.25) is 5.75 Å². The zero-order valence-electron chi connectivity index (χ0n) is 23.6. The zero-order valence-corrected chi connectivity index (χ0v) is 23.6. The minimum absolute atomic E-state index is 0.429. The molecule has 40 heavy (non-hydrogen) atoms. The van der Waals surface area contributed by atoms with Crippen molar-refractivity contribution in [2.24, 2.45) is 0 Å². The van der Waals surface area contributed by atoms with Crippen LogP contribution < -0.4 is 18.9 Å². The van der Waals surface area contributed by atoms with E-state index in [0.29, 0.717) is 54.4 Å². The van der Waals surface area contributed by atoms with Crippen LogP contribution in [0.3, 0.4) is 0 Å². The number of likely N-dealkylation sites (N-methyl/N-ethyl adjacent to an activating group) is 1. The average molecular weight is 562 g/mol. The summed E-state index contributed by atoms with van der Waals surface area (Å²) in [6, 6.07) is 9.86. The second-order valence-corrected chi connectivity index (χ2v) is 9.14. The van der Waals surface area contributed by atoms with Gasteiger partial charge in [0.05, 0.1) is 44.1 Å². The van der Waals surface area contributed by atoms with Crippen LogP contribution in [-0.4, -0.2) is 80.2 Å². The van der Waals surface area contributed by atoms with Crippen molar-refractivity contribution in [1.82, 2.24) is 4.90 Å². The van der Waals surface area contributed by atoms with Crippen LogP contribution in [0, 0.1) is 0 Å². The first-order chi connectivity index (χ1) is 19.1. The van der Waals surface area contributed by atoms with Crippen molar-refractivity contribution < 1.29 is 48.3 Å². The first kappa shape index (κ1) is 32.3. The number of furan rings is 1. The first-order valence-electron chi connectivity index (χ1n) is 12.9. The van der Waals surface area contributed by atoms with E-state index in [1.165, 1.54) is 0 Å². The summed E-state index contributed by atoms with van der Waals surface area (Å²) >= 11 is 0. The molecule has 11 nitrogen and oxygen atoms in total. The Morgan fingerprint density at radius 1 is 0.925 bits per heavy atom. The number of hydrogen-bond donors (Lipinski definition) is 3. The molecule has 11 heteroatoms. The predicted molar refractivity (Wildman–Crippen MR) is 149 cm³/mol. The molecule has 1 heterocycles. The SMILES string of the molecule is CCCCOc1ccc(CCC(O)c2c(OCCN(C)C)c(OC)c3occc3c2OC)cc1.O=C(O)C(=O)O. The Hall–Kier alpha value is -3.96. The molecular weight excluding hydrogens is 522 g/mol. The van der Waals surface area contributed by atoms with E-state index in [2.05, 4.69) is 6.92 Å². The van der Waals surface area contributed by atoms with Crippen molar-refractivity contribution in [2.75, 3.05) is 48.1 Å². The monoisotopic (exact) mass is 561 g/mol. The summed E-state index contributed by atoms with van der Waals surface area (Å²) in [7, 11) is 7.12. The maximum Gasteiger partial charge on any atom is 0.414 e. The molecule has 3 rings (SSSR count). The van der Waals surface area contributed by atoms with E-state index in [0.717, 1.165) is 36.1 Å². The number of methoxy groups -OCH3 is 2. The van der Waals surface area contributed by atoms with E-state index in [4.69, 9.17) is 43.2 Å². The van der Waals surface area contributed by atoms with Gasteiger partial charge in [0.15, 0.2) is 11.3 Å². The van der Waals surface area contributed by atoms with Gasteiger partial charge in [-0.3, -0.25) is 0 Å². The molecule has 0 aliphatic rings. The third-order valence-electron chi connectivity index (χ3n) is 5.92. The number of fused-ring (bicyclic) bond motifs is 1. The largest absolute Gasteiger partial charge is 0.495 e. The van der Waals surface area contributed by atoms with Crippen LogP contribution in [0.1, 0.15) is 43.4 Å². The van der Waals surface area contributed by atoms with Crippen LogP contribution >= 0.6 is 0 Å². The Morgan fingerprint density at radius 3 is 2.12 bits per heavy atom. The molecule has 0 bridgehead atoms. The van der Waals surface area contributed by atoms with Gasteiger partial charge in [-0.15, -0.1) is 0 Å². The summed E-state index contributed by atoms with van der Waals surface area (Å²) in [5.41, 5.74) is 2.23. The molecule has 220 valence electrons. The second-order valence-electron chi connectivity index (χ2n) is 9.14. The van der Waals surface area contributed by atoms with Crippen molar-refractivity contribution in [3.63, 3.8) is 0 Å². The number of hydrogen-bond acceptors (Lipinski definition) is 9. The van der Waals surface area contributed by atoms with Crippen LogP contribution in [0.15, 0.2) is 41.0 Å². The van der Waals surface area contributed by atoms with Gasteiger partial charge in [0.25, 0.3) is 0 Å². The topological polar surface area (TPSA) is 148 Å². The number of rotatable bonds is 14. The lowest BCUT2D eigenvalue weighted by Crippen LogP contribution is -2.20. The number of aryl methyl sites for hydroxylation is 1. The fraction of sp³-hybridized carbons (Fsp3) is 0.448. The van der Waals surface area contributed by atoms with Crippen molar-refractivity contribution in [2.45, 2.75) is 38.7 Å². The molecule has 0 fully saturated rings. The quantitative estimate of drug-likeness (QED) is 0.190. The number of aliphatic carboxylic acids is 2. The fourth-order valence-corrected chi connectivity index (χ4v) is 3.85. The van der Waals surface area contributed by atoms with Crippen molar-refractivity contribution in [1.29, 1.82) is 0 Å². The number of aliphatic hydroxyl groups excluding tert-OH is 1. The lowest BCUT2D eigenvalue weighted by atomic mass is 9.97. The number of nitrogens with zero attached hydrogens (tertiary/aromatic N) is 1. The van der Waals surface area contributed by atoms with Gasteiger partial charge in [-0.2, -0.15) is 0 Å². The highest BCUT2D eigenvalue weighted by molar-refractivity contribution is 6.27. The van der Waals surface area contributed by atoms with Gasteiger partial charge in [-0.05, 0) is 57.1 Å². The van der Waals surface area contributed by atoms with Gasteiger partial charge >= 0.3 is 11.9 Å². The number of benzene rings is 2. The Balaban J connectivity index is 0.000000840. The zero-order chi connectivity index (χ0) is 29.7. The molecule has 0 aliphatic heterocycles. The summed E-state index contributed by atoms with van der Waals surface area (Å²) in [5, 5.41) is 26.8. The number of carboxylic acid groups (broad SMARTS) is 2. The highest BCUT2D eigenvalue weighted by atomic mass is 16.5. The third kappa shape index (κ3) is 9.06. The molecule has 0 spiro atoms. The molecule has 0 radical (unpaired) electrons. The molecule has 3 N–H and O–H groups in total. The molecule has 1 aromatic heterocycles. The van der Waals surface area contributed by atoms with Crippen LogP contribution in [0.25, 0.3) is 11.0 Å². The fourth-order valence-electron chi connectivity index (χ4n) is 3.85. The Bertz CT molecular complexity index is 1210. The number of aliphatic hydroxyl groups is 1. The Kier molecular flexibility index (Phi) is 13.1. The Morgan fingerprint density at radius 2 is 1.57 bits per heavy atom. The van der Waals surface area contributed by atoms with Crippen LogP contribution in [-0.2, 0) is 16.0 Å². The lowest BCUT2D eigenvalue weighted by Gasteiger charge is -2.23. The summed E-state index contributed by atoms with van der Waals surface area (Å²) in [6.45, 7) is 4.01. The number of unbranched alkanes of at least 4 members (excludes halogenated alkanes) is 1. The van der Waals surface area contributed by atoms with E-state index >= 15 is 0 Å². The standard InChI is InChI=1S/C27H37NO6.C2H2O4/c1-6-7-16-32-20-11-8-19(9-12-20)10-13-22(29)23-24(30-4)21-14-17-33-25(21)27(31-5)26(23)34-18-15-28(2)3;3-1(4)2(5)6/h8-9,11-12,14,17,22,29H,6-7,10,13,15-16,18H2,1-5H3;(H,3,4)(H,5,6). The third-order valence-corrected chi connectivity index (χ3v) is 5.92. The van der Waals surface area contributed by atoms with E-state index in [9.17, 15) is 5.11 Å². The summed E-state index contributed by atoms with van der Waals surface area (Å²) < 4.78 is 29.0. The molecular formula is C29H39NO10. The van der Waals surface area contributed by atoms with Crippen molar-refractivity contribution in [3.05, 3.63) is 47.7 Å². The Labute approximate surface area is 233 Å². The number of carboxylic acids is 2. The van der Waals surface area contributed by atoms with E-state index in [-0.39, 0.29) is 0 Å². The molecule has 0 saturated carbocycles. The normalized spacial score (nSPS) is 11.5. The van der Waals surface area contributed by atoms with Crippen LogP contribution in [0.2, 0.25) is 0 Å².